The predicted octanol–water partition coefficient (Wildman–Crippen LogP) is 4.89. The first kappa shape index (κ1) is 21.8. The lowest BCUT2D eigenvalue weighted by Crippen LogP contribution is -2.23. The Kier molecular flexibility index (Phi) is 7.85. The van der Waals surface area contributed by atoms with E-state index < -0.39 is 0 Å². The highest BCUT2D eigenvalue weighted by Crippen LogP contribution is 2.19. The molecule has 0 fully saturated rings. The van der Waals surface area contributed by atoms with Crippen molar-refractivity contribution in [2.45, 2.75) is 50.4 Å². The molecule has 30 heavy (non-hydrogen) atoms. The fourth-order valence-electron chi connectivity index (χ4n) is 3.09. The van der Waals surface area contributed by atoms with Crippen molar-refractivity contribution in [3.05, 3.63) is 87.3 Å². The number of aromatic nitrogens is 2. The summed E-state index contributed by atoms with van der Waals surface area (Å²) in [6.07, 6.45) is 3.35. The van der Waals surface area contributed by atoms with Gasteiger partial charge in [0, 0.05) is 22.7 Å². The molecule has 1 heterocycles. The molecule has 0 aliphatic carbocycles. The molecule has 0 saturated heterocycles. The molecule has 0 spiro atoms. The molecule has 0 atom stereocenters. The lowest BCUT2D eigenvalue weighted by atomic mass is 10.1. The maximum absolute atomic E-state index is 12.5. The number of nitrogens with zero attached hydrogens (tertiary/aromatic N) is 1. The highest BCUT2D eigenvalue weighted by atomic mass is 32.2. The van der Waals surface area contributed by atoms with Crippen LogP contribution in [-0.2, 0) is 23.4 Å². The summed E-state index contributed by atoms with van der Waals surface area (Å²) in [4.78, 5) is 32.2. The molecule has 2 aromatic carbocycles. The van der Waals surface area contributed by atoms with E-state index in [1.165, 1.54) is 17.3 Å². The van der Waals surface area contributed by atoms with Crippen molar-refractivity contribution in [3.63, 3.8) is 0 Å². The van der Waals surface area contributed by atoms with Gasteiger partial charge in [0.2, 0.25) is 5.91 Å². The zero-order chi connectivity index (χ0) is 21.3. The van der Waals surface area contributed by atoms with Crippen LogP contribution in [0.15, 0.2) is 64.5 Å². The SMILES string of the molecule is CCCCc1ccc(NC(=O)Cc2c(C)nc(SCc3ccccc3)[nH]c2=O)cc1. The van der Waals surface area contributed by atoms with Crippen LogP contribution in [0, 0.1) is 6.92 Å². The third-order valence-electron chi connectivity index (χ3n) is 4.81. The zero-order valence-corrected chi connectivity index (χ0v) is 18.2. The average molecular weight is 422 g/mol. The number of carbonyl (C=O) groups is 1. The van der Waals surface area contributed by atoms with Gasteiger partial charge in [0.25, 0.3) is 5.56 Å². The Balaban J connectivity index is 1.60. The molecule has 5 nitrogen and oxygen atoms in total. The fourth-order valence-corrected chi connectivity index (χ4v) is 3.95. The van der Waals surface area contributed by atoms with Gasteiger partial charge in [-0.2, -0.15) is 0 Å². The molecule has 0 radical (unpaired) electrons. The number of amides is 1. The number of carbonyl (C=O) groups excluding carboxylic acids is 1. The van der Waals surface area contributed by atoms with Crippen molar-refractivity contribution in [1.82, 2.24) is 9.97 Å². The van der Waals surface area contributed by atoms with Gasteiger partial charge in [-0.15, -0.1) is 0 Å². The number of nitrogens with one attached hydrogen (secondary N) is 2. The lowest BCUT2D eigenvalue weighted by Gasteiger charge is -2.09. The van der Waals surface area contributed by atoms with Gasteiger partial charge in [0.1, 0.15) is 0 Å². The van der Waals surface area contributed by atoms with Crippen molar-refractivity contribution in [1.29, 1.82) is 0 Å². The van der Waals surface area contributed by atoms with Crippen LogP contribution >= 0.6 is 11.8 Å². The minimum absolute atomic E-state index is 0.00458. The monoisotopic (exact) mass is 421 g/mol. The summed E-state index contributed by atoms with van der Waals surface area (Å²) in [6.45, 7) is 3.94. The topological polar surface area (TPSA) is 74.8 Å². The predicted molar refractivity (Wildman–Crippen MR) is 123 cm³/mol. The van der Waals surface area contributed by atoms with E-state index in [4.69, 9.17) is 0 Å². The van der Waals surface area contributed by atoms with Crippen LogP contribution < -0.4 is 10.9 Å². The van der Waals surface area contributed by atoms with E-state index in [1.54, 1.807) is 6.92 Å². The van der Waals surface area contributed by atoms with Gasteiger partial charge in [0.05, 0.1) is 6.42 Å². The number of hydrogen-bond acceptors (Lipinski definition) is 4. The van der Waals surface area contributed by atoms with E-state index >= 15 is 0 Å². The molecule has 1 aromatic heterocycles. The summed E-state index contributed by atoms with van der Waals surface area (Å²) in [5.41, 5.74) is 3.87. The summed E-state index contributed by atoms with van der Waals surface area (Å²) in [5.74, 6) is 0.494. The summed E-state index contributed by atoms with van der Waals surface area (Å²) in [6, 6.07) is 17.9. The molecule has 1 amide bonds. The van der Waals surface area contributed by atoms with Crippen LogP contribution in [0.4, 0.5) is 5.69 Å². The molecule has 2 N–H and O–H groups in total. The minimum atomic E-state index is -0.261. The molecule has 3 rings (SSSR count). The summed E-state index contributed by atoms with van der Waals surface area (Å²) in [5, 5.41) is 3.43. The normalized spacial score (nSPS) is 10.7. The van der Waals surface area contributed by atoms with E-state index in [-0.39, 0.29) is 17.9 Å². The maximum atomic E-state index is 12.5. The largest absolute Gasteiger partial charge is 0.326 e. The molecule has 0 unspecified atom stereocenters. The van der Waals surface area contributed by atoms with Gasteiger partial charge in [0.15, 0.2) is 5.16 Å². The second kappa shape index (κ2) is 10.8. The standard InChI is InChI=1S/C24H27N3O2S/c1-3-4-8-18-11-13-20(14-12-18)26-22(28)15-21-17(2)25-24(27-23(21)29)30-16-19-9-6-5-7-10-19/h5-7,9-14H,3-4,8,15-16H2,1-2H3,(H,26,28)(H,25,27,29). The molecule has 0 aliphatic heterocycles. The van der Waals surface area contributed by atoms with Gasteiger partial charge in [-0.05, 0) is 43.0 Å². The van der Waals surface area contributed by atoms with Crippen LogP contribution in [0.25, 0.3) is 0 Å². The van der Waals surface area contributed by atoms with Crippen LogP contribution in [0.1, 0.15) is 42.1 Å². The average Bonchev–Trinajstić information content (AvgIpc) is 2.75. The van der Waals surface area contributed by atoms with E-state index in [2.05, 4.69) is 22.2 Å². The first-order chi connectivity index (χ1) is 14.5. The summed E-state index contributed by atoms with van der Waals surface area (Å²) in [7, 11) is 0. The second-order valence-electron chi connectivity index (χ2n) is 7.23. The Labute approximate surface area is 181 Å². The number of unbranched alkanes of at least 4 members (excludes halogenated alkanes) is 1. The van der Waals surface area contributed by atoms with Crippen LogP contribution in [-0.4, -0.2) is 15.9 Å². The first-order valence-corrected chi connectivity index (χ1v) is 11.2. The molecule has 0 saturated carbocycles. The lowest BCUT2D eigenvalue weighted by molar-refractivity contribution is -0.115. The van der Waals surface area contributed by atoms with Gasteiger partial charge >= 0.3 is 0 Å². The number of rotatable bonds is 9. The third kappa shape index (κ3) is 6.32. The Morgan fingerprint density at radius 2 is 1.80 bits per heavy atom. The van der Waals surface area contributed by atoms with Crippen LogP contribution in [0.2, 0.25) is 0 Å². The van der Waals surface area contributed by atoms with Crippen LogP contribution in [0.3, 0.4) is 0 Å². The number of thioether (sulfide) groups is 1. The van der Waals surface area contributed by atoms with Gasteiger partial charge in [-0.25, -0.2) is 4.98 Å². The molecule has 6 heteroatoms. The van der Waals surface area contributed by atoms with Gasteiger partial charge in [-0.3, -0.25) is 9.59 Å². The fraction of sp³-hybridized carbons (Fsp3) is 0.292. The Bertz CT molecular complexity index is 1030. The number of benzene rings is 2. The van der Waals surface area contributed by atoms with Gasteiger partial charge < -0.3 is 10.3 Å². The van der Waals surface area contributed by atoms with E-state index in [1.807, 2.05) is 54.6 Å². The molecular weight excluding hydrogens is 394 g/mol. The van der Waals surface area contributed by atoms with Crippen molar-refractivity contribution >= 4 is 23.4 Å². The number of anilines is 1. The van der Waals surface area contributed by atoms with Gasteiger partial charge in [-0.1, -0.05) is 67.6 Å². The van der Waals surface area contributed by atoms with Crippen molar-refractivity contribution < 1.29 is 4.79 Å². The van der Waals surface area contributed by atoms with E-state index in [9.17, 15) is 9.59 Å². The van der Waals surface area contributed by atoms with Crippen LogP contribution in [0.5, 0.6) is 0 Å². The number of aryl methyl sites for hydroxylation is 2. The zero-order valence-electron chi connectivity index (χ0n) is 17.4. The maximum Gasteiger partial charge on any atom is 0.255 e. The van der Waals surface area contributed by atoms with Crippen molar-refractivity contribution in [2.75, 3.05) is 5.32 Å². The van der Waals surface area contributed by atoms with Crippen molar-refractivity contribution in [2.24, 2.45) is 0 Å². The van der Waals surface area contributed by atoms with E-state index in [0.717, 1.165) is 36.3 Å². The highest BCUT2D eigenvalue weighted by molar-refractivity contribution is 7.98. The molecule has 0 aliphatic rings. The highest BCUT2D eigenvalue weighted by Gasteiger charge is 2.13. The minimum Gasteiger partial charge on any atom is -0.326 e. The molecule has 0 bridgehead atoms. The Morgan fingerprint density at radius 1 is 1.07 bits per heavy atom. The van der Waals surface area contributed by atoms with Crippen molar-refractivity contribution in [3.8, 4) is 0 Å². The molecular formula is C24H27N3O2S. The molecule has 156 valence electrons. The van der Waals surface area contributed by atoms with E-state index in [0.29, 0.717) is 16.4 Å². The third-order valence-corrected chi connectivity index (χ3v) is 5.76. The Hall–Kier alpha value is -2.86. The second-order valence-corrected chi connectivity index (χ2v) is 8.20. The number of H-pyrrole nitrogens is 1. The number of hydrogen-bond donors (Lipinski definition) is 2. The number of aromatic amines is 1. The summed E-state index contributed by atoms with van der Waals surface area (Å²) < 4.78 is 0. The summed E-state index contributed by atoms with van der Waals surface area (Å²) >= 11 is 1.47. The quantitative estimate of drug-likeness (QED) is 0.381. The first-order valence-electron chi connectivity index (χ1n) is 10.2. The smallest absolute Gasteiger partial charge is 0.255 e. The Morgan fingerprint density at radius 3 is 2.47 bits per heavy atom. The molecule has 3 aromatic rings.